The molecule has 0 aliphatic heterocycles. The summed E-state index contributed by atoms with van der Waals surface area (Å²) in [6.07, 6.45) is 7.05. The monoisotopic (exact) mass is 286 g/mol. The summed E-state index contributed by atoms with van der Waals surface area (Å²) >= 11 is 0. The smallest absolute Gasteiger partial charge is 0.244 e. The van der Waals surface area contributed by atoms with E-state index in [1.165, 1.54) is 18.2 Å². The van der Waals surface area contributed by atoms with Gasteiger partial charge in [0.2, 0.25) is 5.91 Å². The SMILES string of the molecule is O=C(C=Cc1ccc(F)cc1)NCc1nncn1C1CC1. The summed E-state index contributed by atoms with van der Waals surface area (Å²) in [7, 11) is 0. The zero-order chi connectivity index (χ0) is 14.7. The number of carbonyl (C=O) groups excluding carboxylic acids is 1. The predicted molar refractivity (Wildman–Crippen MR) is 75.6 cm³/mol. The van der Waals surface area contributed by atoms with Crippen LogP contribution in [0.3, 0.4) is 0 Å². The van der Waals surface area contributed by atoms with Gasteiger partial charge in [0.25, 0.3) is 0 Å². The standard InChI is InChI=1S/C15H15FN4O/c16-12-4-1-11(2-5-12)3-8-15(21)17-9-14-19-18-10-20(14)13-6-7-13/h1-5,8,10,13H,6-7,9H2,(H,17,21). The highest BCUT2D eigenvalue weighted by atomic mass is 19.1. The summed E-state index contributed by atoms with van der Waals surface area (Å²) in [6.45, 7) is 0.350. The molecule has 1 aliphatic rings. The van der Waals surface area contributed by atoms with Crippen LogP contribution in [0.15, 0.2) is 36.7 Å². The lowest BCUT2D eigenvalue weighted by Crippen LogP contribution is -2.22. The Balaban J connectivity index is 1.54. The number of halogens is 1. The molecule has 0 spiro atoms. The van der Waals surface area contributed by atoms with Crippen molar-refractivity contribution < 1.29 is 9.18 Å². The number of hydrogen-bond donors (Lipinski definition) is 1. The molecule has 1 heterocycles. The van der Waals surface area contributed by atoms with Crippen LogP contribution >= 0.6 is 0 Å². The number of aromatic nitrogens is 3. The van der Waals surface area contributed by atoms with Gasteiger partial charge in [-0.25, -0.2) is 4.39 Å². The van der Waals surface area contributed by atoms with Crippen molar-refractivity contribution in [2.75, 3.05) is 0 Å². The third-order valence-electron chi connectivity index (χ3n) is 3.31. The van der Waals surface area contributed by atoms with Gasteiger partial charge in [0.1, 0.15) is 12.1 Å². The van der Waals surface area contributed by atoms with E-state index in [0.717, 1.165) is 24.2 Å². The van der Waals surface area contributed by atoms with Gasteiger partial charge in [0.05, 0.1) is 6.54 Å². The molecule has 1 aromatic heterocycles. The molecule has 1 fully saturated rings. The summed E-state index contributed by atoms with van der Waals surface area (Å²) in [6, 6.07) is 6.43. The lowest BCUT2D eigenvalue weighted by Gasteiger charge is -2.04. The van der Waals surface area contributed by atoms with Crippen molar-refractivity contribution in [1.82, 2.24) is 20.1 Å². The average molecular weight is 286 g/mol. The van der Waals surface area contributed by atoms with Crippen LogP contribution in [0.25, 0.3) is 6.08 Å². The van der Waals surface area contributed by atoms with Gasteiger partial charge >= 0.3 is 0 Å². The van der Waals surface area contributed by atoms with Gasteiger partial charge in [-0.2, -0.15) is 0 Å². The van der Waals surface area contributed by atoms with Crippen LogP contribution in [0, 0.1) is 5.82 Å². The predicted octanol–water partition coefficient (Wildman–Crippen LogP) is 2.08. The second-order valence-corrected chi connectivity index (χ2v) is 4.99. The Kier molecular flexibility index (Phi) is 3.77. The minimum atomic E-state index is -0.295. The molecule has 0 atom stereocenters. The molecule has 1 aromatic carbocycles. The molecular formula is C15H15FN4O. The molecule has 0 bridgehead atoms. The van der Waals surface area contributed by atoms with Gasteiger partial charge in [-0.1, -0.05) is 12.1 Å². The van der Waals surface area contributed by atoms with Crippen LogP contribution in [0.5, 0.6) is 0 Å². The van der Waals surface area contributed by atoms with Gasteiger partial charge in [-0.05, 0) is 36.6 Å². The summed E-state index contributed by atoms with van der Waals surface area (Å²) < 4.78 is 14.8. The van der Waals surface area contributed by atoms with Crippen molar-refractivity contribution in [3.8, 4) is 0 Å². The average Bonchev–Trinajstić information content (AvgIpc) is 3.23. The fraction of sp³-hybridized carbons (Fsp3) is 0.267. The molecule has 2 aromatic rings. The first-order chi connectivity index (χ1) is 10.2. The maximum Gasteiger partial charge on any atom is 0.244 e. The molecule has 1 N–H and O–H groups in total. The summed E-state index contributed by atoms with van der Waals surface area (Å²) in [5.41, 5.74) is 0.771. The Hall–Kier alpha value is -2.50. The van der Waals surface area contributed by atoms with E-state index < -0.39 is 0 Å². The maximum absolute atomic E-state index is 12.8. The second kappa shape index (κ2) is 5.87. The van der Waals surface area contributed by atoms with Gasteiger partial charge in [0.15, 0.2) is 5.82 Å². The van der Waals surface area contributed by atoms with Crippen molar-refractivity contribution in [3.63, 3.8) is 0 Å². The zero-order valence-electron chi connectivity index (χ0n) is 11.4. The molecule has 108 valence electrons. The summed E-state index contributed by atoms with van der Waals surface area (Å²) in [4.78, 5) is 11.7. The quantitative estimate of drug-likeness (QED) is 0.856. The summed E-state index contributed by atoms with van der Waals surface area (Å²) in [5, 5.41) is 10.6. The molecule has 1 aliphatic carbocycles. The molecule has 3 rings (SSSR count). The highest BCUT2D eigenvalue weighted by molar-refractivity contribution is 5.91. The molecule has 1 saturated carbocycles. The third-order valence-corrected chi connectivity index (χ3v) is 3.31. The first-order valence-corrected chi connectivity index (χ1v) is 6.82. The number of carbonyl (C=O) groups is 1. The number of benzene rings is 1. The molecule has 0 saturated heterocycles. The van der Waals surface area contributed by atoms with E-state index in [0.29, 0.717) is 12.6 Å². The minimum Gasteiger partial charge on any atom is -0.345 e. The molecule has 1 amide bonds. The fourth-order valence-corrected chi connectivity index (χ4v) is 2.02. The minimum absolute atomic E-state index is 0.218. The zero-order valence-corrected chi connectivity index (χ0v) is 11.4. The largest absolute Gasteiger partial charge is 0.345 e. The van der Waals surface area contributed by atoms with Crippen LogP contribution in [0.1, 0.15) is 30.3 Å². The number of nitrogens with zero attached hydrogens (tertiary/aromatic N) is 3. The van der Waals surface area contributed by atoms with Gasteiger partial charge in [-0.3, -0.25) is 4.79 Å². The van der Waals surface area contributed by atoms with Gasteiger partial charge in [0, 0.05) is 12.1 Å². The second-order valence-electron chi connectivity index (χ2n) is 4.99. The van der Waals surface area contributed by atoms with Gasteiger partial charge < -0.3 is 9.88 Å². The van der Waals surface area contributed by atoms with Crippen LogP contribution in [-0.2, 0) is 11.3 Å². The van der Waals surface area contributed by atoms with Crippen LogP contribution in [0.2, 0.25) is 0 Å². The molecule has 5 nitrogen and oxygen atoms in total. The Morgan fingerprint density at radius 2 is 2.14 bits per heavy atom. The van der Waals surface area contributed by atoms with E-state index in [2.05, 4.69) is 15.5 Å². The number of rotatable bonds is 5. The molecule has 0 unspecified atom stereocenters. The first-order valence-electron chi connectivity index (χ1n) is 6.82. The highest BCUT2D eigenvalue weighted by Crippen LogP contribution is 2.35. The molecule has 0 radical (unpaired) electrons. The lowest BCUT2D eigenvalue weighted by atomic mass is 10.2. The Morgan fingerprint density at radius 1 is 1.38 bits per heavy atom. The van der Waals surface area contributed by atoms with E-state index in [1.54, 1.807) is 24.5 Å². The summed E-state index contributed by atoms with van der Waals surface area (Å²) in [5.74, 6) is 0.252. The maximum atomic E-state index is 12.8. The van der Waals surface area contributed by atoms with Crippen molar-refractivity contribution in [2.45, 2.75) is 25.4 Å². The van der Waals surface area contributed by atoms with E-state index in [1.807, 2.05) is 4.57 Å². The van der Waals surface area contributed by atoms with Crippen molar-refractivity contribution in [1.29, 1.82) is 0 Å². The number of amides is 1. The van der Waals surface area contributed by atoms with E-state index in [-0.39, 0.29) is 11.7 Å². The van der Waals surface area contributed by atoms with E-state index in [9.17, 15) is 9.18 Å². The van der Waals surface area contributed by atoms with Crippen molar-refractivity contribution >= 4 is 12.0 Å². The van der Waals surface area contributed by atoms with Crippen LogP contribution in [0.4, 0.5) is 4.39 Å². The van der Waals surface area contributed by atoms with E-state index >= 15 is 0 Å². The first kappa shape index (κ1) is 13.5. The topological polar surface area (TPSA) is 59.8 Å². The van der Waals surface area contributed by atoms with Crippen molar-refractivity contribution in [3.05, 3.63) is 53.9 Å². The Labute approximate surface area is 121 Å². The Bertz CT molecular complexity index is 659. The molecular weight excluding hydrogens is 271 g/mol. The number of nitrogens with one attached hydrogen (secondary N) is 1. The normalized spacial score (nSPS) is 14.5. The highest BCUT2D eigenvalue weighted by Gasteiger charge is 2.25. The Morgan fingerprint density at radius 3 is 2.86 bits per heavy atom. The van der Waals surface area contributed by atoms with Crippen LogP contribution in [-0.4, -0.2) is 20.7 Å². The van der Waals surface area contributed by atoms with Crippen LogP contribution < -0.4 is 5.32 Å². The molecule has 6 heteroatoms. The fourth-order valence-electron chi connectivity index (χ4n) is 2.02. The van der Waals surface area contributed by atoms with Gasteiger partial charge in [-0.15, -0.1) is 10.2 Å². The third kappa shape index (κ3) is 3.53. The lowest BCUT2D eigenvalue weighted by molar-refractivity contribution is -0.116. The van der Waals surface area contributed by atoms with E-state index in [4.69, 9.17) is 0 Å². The molecule has 21 heavy (non-hydrogen) atoms. The number of hydrogen-bond acceptors (Lipinski definition) is 3. The van der Waals surface area contributed by atoms with Crippen molar-refractivity contribution in [2.24, 2.45) is 0 Å².